The summed E-state index contributed by atoms with van der Waals surface area (Å²) >= 11 is 0. The van der Waals surface area contributed by atoms with Crippen molar-refractivity contribution in [3.63, 3.8) is 0 Å². The summed E-state index contributed by atoms with van der Waals surface area (Å²) in [6, 6.07) is 8.76. The molecule has 0 aromatic heterocycles. The molecular formula is C16H25NO. The largest absolute Gasteiger partial charge is 0.392 e. The fourth-order valence-corrected chi connectivity index (χ4v) is 2.13. The molecule has 2 heteroatoms. The molecule has 1 aliphatic rings. The molecule has 2 N–H and O–H groups in total. The van der Waals surface area contributed by atoms with Crippen molar-refractivity contribution >= 4 is 0 Å². The van der Waals surface area contributed by atoms with Gasteiger partial charge in [0.2, 0.25) is 0 Å². The van der Waals surface area contributed by atoms with Gasteiger partial charge in [-0.05, 0) is 35.3 Å². The molecule has 1 aromatic rings. The second-order valence-electron chi connectivity index (χ2n) is 6.48. The van der Waals surface area contributed by atoms with Crippen molar-refractivity contribution in [2.24, 2.45) is 5.92 Å². The normalized spacial score (nSPS) is 17.8. The van der Waals surface area contributed by atoms with Crippen LogP contribution in [0.25, 0.3) is 0 Å². The van der Waals surface area contributed by atoms with E-state index in [1.165, 1.54) is 24.0 Å². The summed E-state index contributed by atoms with van der Waals surface area (Å²) in [6.45, 7) is 8.24. The predicted octanol–water partition coefficient (Wildman–Crippen LogP) is 2.84. The van der Waals surface area contributed by atoms with Crippen LogP contribution >= 0.6 is 0 Å². The molecular weight excluding hydrogens is 222 g/mol. The SMILES string of the molecule is CC(C)(C)c1ccc(CNCC(O)C2CC2)cc1. The summed E-state index contributed by atoms with van der Waals surface area (Å²) in [7, 11) is 0. The molecule has 0 amide bonds. The first-order chi connectivity index (χ1) is 8.47. The number of aliphatic hydroxyl groups excluding tert-OH is 1. The van der Waals surface area contributed by atoms with Crippen LogP contribution in [-0.4, -0.2) is 17.8 Å². The Labute approximate surface area is 110 Å². The third kappa shape index (κ3) is 3.82. The second-order valence-corrected chi connectivity index (χ2v) is 6.48. The van der Waals surface area contributed by atoms with E-state index >= 15 is 0 Å². The Kier molecular flexibility index (Phi) is 4.08. The Morgan fingerprint density at radius 2 is 1.83 bits per heavy atom. The summed E-state index contributed by atoms with van der Waals surface area (Å²) in [6.07, 6.45) is 2.24. The van der Waals surface area contributed by atoms with Crippen molar-refractivity contribution in [1.29, 1.82) is 0 Å². The minimum absolute atomic E-state index is 0.154. The lowest BCUT2D eigenvalue weighted by Gasteiger charge is -2.19. The van der Waals surface area contributed by atoms with E-state index in [4.69, 9.17) is 0 Å². The van der Waals surface area contributed by atoms with Crippen LogP contribution in [0.1, 0.15) is 44.7 Å². The summed E-state index contributed by atoms with van der Waals surface area (Å²) in [4.78, 5) is 0. The number of nitrogens with one attached hydrogen (secondary N) is 1. The molecule has 0 spiro atoms. The van der Waals surface area contributed by atoms with Crippen LogP contribution in [0.3, 0.4) is 0 Å². The van der Waals surface area contributed by atoms with Gasteiger partial charge in [-0.2, -0.15) is 0 Å². The Hall–Kier alpha value is -0.860. The first kappa shape index (κ1) is 13.6. The van der Waals surface area contributed by atoms with Gasteiger partial charge < -0.3 is 10.4 Å². The third-order valence-corrected chi connectivity index (χ3v) is 3.67. The van der Waals surface area contributed by atoms with E-state index in [-0.39, 0.29) is 11.5 Å². The number of rotatable bonds is 5. The average molecular weight is 247 g/mol. The average Bonchev–Trinajstić information content (AvgIpc) is 3.12. The number of aliphatic hydroxyl groups is 1. The monoisotopic (exact) mass is 247 g/mol. The molecule has 2 nitrogen and oxygen atoms in total. The van der Waals surface area contributed by atoms with E-state index in [0.29, 0.717) is 12.5 Å². The van der Waals surface area contributed by atoms with Crippen LogP contribution in [0.15, 0.2) is 24.3 Å². The zero-order chi connectivity index (χ0) is 13.2. The van der Waals surface area contributed by atoms with Crippen LogP contribution in [0.5, 0.6) is 0 Å². The molecule has 1 aliphatic carbocycles. The second kappa shape index (κ2) is 5.41. The van der Waals surface area contributed by atoms with E-state index in [2.05, 4.69) is 50.4 Å². The molecule has 1 unspecified atom stereocenters. The quantitative estimate of drug-likeness (QED) is 0.838. The number of benzene rings is 1. The third-order valence-electron chi connectivity index (χ3n) is 3.67. The van der Waals surface area contributed by atoms with Gasteiger partial charge >= 0.3 is 0 Å². The standard InChI is InChI=1S/C16H25NO/c1-16(2,3)14-8-4-12(5-9-14)10-17-11-15(18)13-6-7-13/h4-5,8-9,13,15,17-18H,6-7,10-11H2,1-3H3. The lowest BCUT2D eigenvalue weighted by molar-refractivity contribution is 0.148. The van der Waals surface area contributed by atoms with Gasteiger partial charge in [-0.3, -0.25) is 0 Å². The van der Waals surface area contributed by atoms with E-state index < -0.39 is 0 Å². The molecule has 2 rings (SSSR count). The highest BCUT2D eigenvalue weighted by Gasteiger charge is 2.28. The molecule has 0 radical (unpaired) electrons. The van der Waals surface area contributed by atoms with Gasteiger partial charge in [-0.1, -0.05) is 45.0 Å². The maximum atomic E-state index is 9.76. The van der Waals surface area contributed by atoms with Crippen molar-refractivity contribution in [2.45, 2.75) is 51.7 Å². The van der Waals surface area contributed by atoms with Crippen LogP contribution < -0.4 is 5.32 Å². The predicted molar refractivity (Wildman–Crippen MR) is 75.6 cm³/mol. The van der Waals surface area contributed by atoms with Gasteiger partial charge in [0.1, 0.15) is 0 Å². The highest BCUT2D eigenvalue weighted by Crippen LogP contribution is 2.32. The van der Waals surface area contributed by atoms with Crippen LogP contribution in [0.4, 0.5) is 0 Å². The van der Waals surface area contributed by atoms with Gasteiger partial charge in [0.15, 0.2) is 0 Å². The molecule has 1 saturated carbocycles. The van der Waals surface area contributed by atoms with Crippen molar-refractivity contribution in [2.75, 3.05) is 6.54 Å². The number of hydrogen-bond acceptors (Lipinski definition) is 2. The molecule has 0 aliphatic heterocycles. The van der Waals surface area contributed by atoms with Gasteiger partial charge in [0.25, 0.3) is 0 Å². The van der Waals surface area contributed by atoms with Crippen LogP contribution in [0.2, 0.25) is 0 Å². The summed E-state index contributed by atoms with van der Waals surface area (Å²) in [5, 5.41) is 13.1. The summed E-state index contributed by atoms with van der Waals surface area (Å²) in [5.74, 6) is 0.556. The smallest absolute Gasteiger partial charge is 0.0692 e. The van der Waals surface area contributed by atoms with Gasteiger partial charge in [-0.15, -0.1) is 0 Å². The lowest BCUT2D eigenvalue weighted by Crippen LogP contribution is -2.27. The topological polar surface area (TPSA) is 32.3 Å². The van der Waals surface area contributed by atoms with E-state index in [9.17, 15) is 5.11 Å². The molecule has 1 fully saturated rings. The van der Waals surface area contributed by atoms with Crippen molar-refractivity contribution in [3.8, 4) is 0 Å². The highest BCUT2D eigenvalue weighted by molar-refractivity contribution is 5.27. The molecule has 1 aromatic carbocycles. The molecule has 100 valence electrons. The van der Waals surface area contributed by atoms with Gasteiger partial charge in [-0.25, -0.2) is 0 Å². The summed E-state index contributed by atoms with van der Waals surface area (Å²) < 4.78 is 0. The minimum atomic E-state index is -0.154. The first-order valence-electron chi connectivity index (χ1n) is 6.95. The highest BCUT2D eigenvalue weighted by atomic mass is 16.3. The Bertz CT molecular complexity index is 373. The lowest BCUT2D eigenvalue weighted by atomic mass is 9.87. The van der Waals surface area contributed by atoms with E-state index in [0.717, 1.165) is 6.54 Å². The minimum Gasteiger partial charge on any atom is -0.392 e. The molecule has 0 bridgehead atoms. The van der Waals surface area contributed by atoms with Gasteiger partial charge in [0.05, 0.1) is 6.10 Å². The fraction of sp³-hybridized carbons (Fsp3) is 0.625. The van der Waals surface area contributed by atoms with Crippen LogP contribution in [-0.2, 0) is 12.0 Å². The molecule has 18 heavy (non-hydrogen) atoms. The molecule has 0 saturated heterocycles. The van der Waals surface area contributed by atoms with E-state index in [1.807, 2.05) is 0 Å². The van der Waals surface area contributed by atoms with Crippen molar-refractivity contribution in [1.82, 2.24) is 5.32 Å². The molecule has 1 atom stereocenters. The van der Waals surface area contributed by atoms with E-state index in [1.54, 1.807) is 0 Å². The maximum Gasteiger partial charge on any atom is 0.0692 e. The Balaban J connectivity index is 1.79. The van der Waals surface area contributed by atoms with Crippen molar-refractivity contribution in [3.05, 3.63) is 35.4 Å². The summed E-state index contributed by atoms with van der Waals surface area (Å²) in [5.41, 5.74) is 2.86. The van der Waals surface area contributed by atoms with Crippen LogP contribution in [0, 0.1) is 5.92 Å². The zero-order valence-electron chi connectivity index (χ0n) is 11.7. The zero-order valence-corrected chi connectivity index (χ0v) is 11.7. The fourth-order valence-electron chi connectivity index (χ4n) is 2.13. The van der Waals surface area contributed by atoms with Crippen molar-refractivity contribution < 1.29 is 5.11 Å². The number of hydrogen-bond donors (Lipinski definition) is 2. The Morgan fingerprint density at radius 3 is 2.33 bits per heavy atom. The van der Waals surface area contributed by atoms with Gasteiger partial charge in [0, 0.05) is 13.1 Å². The maximum absolute atomic E-state index is 9.76. The Morgan fingerprint density at radius 1 is 1.22 bits per heavy atom. The molecule has 0 heterocycles. The first-order valence-corrected chi connectivity index (χ1v) is 6.95.